The Balaban J connectivity index is 2.26. The SMILES string of the molecule is C#CCNC(=O)N[C@H]1CCC[C@@H](SCC)C1. The van der Waals surface area contributed by atoms with Crippen LogP contribution in [0.5, 0.6) is 0 Å². The van der Waals surface area contributed by atoms with E-state index in [9.17, 15) is 4.79 Å². The van der Waals surface area contributed by atoms with E-state index in [0.717, 1.165) is 18.6 Å². The predicted molar refractivity (Wildman–Crippen MR) is 69.5 cm³/mol. The van der Waals surface area contributed by atoms with Gasteiger partial charge in [-0.2, -0.15) is 11.8 Å². The van der Waals surface area contributed by atoms with Crippen LogP contribution < -0.4 is 10.6 Å². The number of amides is 2. The summed E-state index contributed by atoms with van der Waals surface area (Å²) in [5.74, 6) is 3.54. The normalized spacial score (nSPS) is 24.5. The van der Waals surface area contributed by atoms with Crippen LogP contribution in [-0.4, -0.2) is 29.6 Å². The minimum Gasteiger partial charge on any atom is -0.335 e. The number of thioether (sulfide) groups is 1. The van der Waals surface area contributed by atoms with Gasteiger partial charge < -0.3 is 10.6 Å². The Kier molecular flexibility index (Phi) is 6.17. The zero-order chi connectivity index (χ0) is 11.8. The zero-order valence-electron chi connectivity index (χ0n) is 9.79. The van der Waals surface area contributed by atoms with Crippen molar-refractivity contribution in [1.82, 2.24) is 10.6 Å². The maximum atomic E-state index is 11.4. The molecule has 0 unspecified atom stereocenters. The molecule has 4 heteroatoms. The monoisotopic (exact) mass is 240 g/mol. The minimum atomic E-state index is -0.134. The topological polar surface area (TPSA) is 41.1 Å². The molecule has 0 spiro atoms. The summed E-state index contributed by atoms with van der Waals surface area (Å²) in [6.07, 6.45) is 9.74. The van der Waals surface area contributed by atoms with Crippen LogP contribution in [0.4, 0.5) is 4.79 Å². The number of rotatable bonds is 4. The van der Waals surface area contributed by atoms with E-state index in [1.165, 1.54) is 12.8 Å². The summed E-state index contributed by atoms with van der Waals surface area (Å²) >= 11 is 2.00. The molecule has 1 rings (SSSR count). The molecule has 0 aromatic carbocycles. The van der Waals surface area contributed by atoms with Crippen molar-refractivity contribution in [3.8, 4) is 12.3 Å². The lowest BCUT2D eigenvalue weighted by Gasteiger charge is -2.29. The van der Waals surface area contributed by atoms with E-state index >= 15 is 0 Å². The van der Waals surface area contributed by atoms with Gasteiger partial charge >= 0.3 is 6.03 Å². The molecule has 2 N–H and O–H groups in total. The molecule has 2 atom stereocenters. The second-order valence-electron chi connectivity index (χ2n) is 3.97. The summed E-state index contributed by atoms with van der Waals surface area (Å²) in [6, 6.07) is 0.181. The van der Waals surface area contributed by atoms with Gasteiger partial charge in [0.15, 0.2) is 0 Å². The van der Waals surface area contributed by atoms with E-state index in [0.29, 0.717) is 17.8 Å². The van der Waals surface area contributed by atoms with Gasteiger partial charge in [-0.3, -0.25) is 0 Å². The van der Waals surface area contributed by atoms with Crippen molar-refractivity contribution in [2.75, 3.05) is 12.3 Å². The summed E-state index contributed by atoms with van der Waals surface area (Å²) in [5, 5.41) is 6.32. The van der Waals surface area contributed by atoms with Gasteiger partial charge in [-0.15, -0.1) is 6.42 Å². The number of hydrogen-bond acceptors (Lipinski definition) is 2. The fraction of sp³-hybridized carbons (Fsp3) is 0.750. The van der Waals surface area contributed by atoms with Crippen LogP contribution >= 0.6 is 11.8 Å². The lowest BCUT2D eigenvalue weighted by Crippen LogP contribution is -2.44. The molecule has 0 saturated heterocycles. The second kappa shape index (κ2) is 7.45. The first-order valence-corrected chi connectivity index (χ1v) is 6.90. The molecule has 2 amide bonds. The second-order valence-corrected chi connectivity index (χ2v) is 5.55. The first kappa shape index (κ1) is 13.2. The highest BCUT2D eigenvalue weighted by Crippen LogP contribution is 2.28. The van der Waals surface area contributed by atoms with Crippen LogP contribution in [0, 0.1) is 12.3 Å². The van der Waals surface area contributed by atoms with Crippen LogP contribution in [-0.2, 0) is 0 Å². The molecule has 0 aromatic rings. The molecule has 0 bridgehead atoms. The number of nitrogens with one attached hydrogen (secondary N) is 2. The van der Waals surface area contributed by atoms with Crippen LogP contribution in [0.2, 0.25) is 0 Å². The van der Waals surface area contributed by atoms with Crippen molar-refractivity contribution in [3.05, 3.63) is 0 Å². The van der Waals surface area contributed by atoms with Crippen LogP contribution in [0.1, 0.15) is 32.6 Å². The zero-order valence-corrected chi connectivity index (χ0v) is 10.6. The van der Waals surface area contributed by atoms with Crippen molar-refractivity contribution in [1.29, 1.82) is 0 Å². The number of urea groups is 1. The molecular formula is C12H20N2OS. The van der Waals surface area contributed by atoms with E-state index in [2.05, 4.69) is 23.5 Å². The van der Waals surface area contributed by atoms with E-state index in [-0.39, 0.29) is 6.03 Å². The molecule has 16 heavy (non-hydrogen) atoms. The average molecular weight is 240 g/mol. The lowest BCUT2D eigenvalue weighted by atomic mass is 9.95. The average Bonchev–Trinajstić information content (AvgIpc) is 2.27. The third kappa shape index (κ3) is 4.80. The molecule has 1 fully saturated rings. The van der Waals surface area contributed by atoms with Gasteiger partial charge in [0.25, 0.3) is 0 Å². The van der Waals surface area contributed by atoms with Crippen molar-refractivity contribution >= 4 is 17.8 Å². The molecule has 0 heterocycles. The molecular weight excluding hydrogens is 220 g/mol. The summed E-state index contributed by atoms with van der Waals surface area (Å²) in [4.78, 5) is 11.4. The summed E-state index contributed by atoms with van der Waals surface area (Å²) in [6.45, 7) is 2.48. The standard InChI is InChI=1S/C12H20N2OS/c1-3-8-13-12(15)14-10-6-5-7-11(9-10)16-4-2/h1,10-11H,4-9H2,2H3,(H2,13,14,15)/t10-,11+/m0/s1. The van der Waals surface area contributed by atoms with Crippen LogP contribution in [0.15, 0.2) is 0 Å². The maximum Gasteiger partial charge on any atom is 0.315 e. The molecule has 0 radical (unpaired) electrons. The predicted octanol–water partition coefficient (Wildman–Crippen LogP) is 1.98. The molecule has 0 aliphatic heterocycles. The molecule has 1 aliphatic rings. The van der Waals surface area contributed by atoms with Gasteiger partial charge in [0.1, 0.15) is 0 Å². The van der Waals surface area contributed by atoms with Gasteiger partial charge in [-0.1, -0.05) is 19.3 Å². The summed E-state index contributed by atoms with van der Waals surface area (Å²) in [5.41, 5.74) is 0. The summed E-state index contributed by atoms with van der Waals surface area (Å²) < 4.78 is 0. The molecule has 0 aromatic heterocycles. The van der Waals surface area contributed by atoms with Crippen LogP contribution in [0.25, 0.3) is 0 Å². The minimum absolute atomic E-state index is 0.134. The van der Waals surface area contributed by atoms with Gasteiger partial charge in [0, 0.05) is 11.3 Å². The highest BCUT2D eigenvalue weighted by atomic mass is 32.2. The Morgan fingerprint density at radius 1 is 1.56 bits per heavy atom. The first-order valence-electron chi connectivity index (χ1n) is 5.85. The first-order chi connectivity index (χ1) is 7.76. The highest BCUT2D eigenvalue weighted by molar-refractivity contribution is 7.99. The summed E-state index contributed by atoms with van der Waals surface area (Å²) in [7, 11) is 0. The Hall–Kier alpha value is -0.820. The Bertz CT molecular complexity index is 260. The number of terminal acetylenes is 1. The quantitative estimate of drug-likeness (QED) is 0.738. The Morgan fingerprint density at radius 3 is 3.06 bits per heavy atom. The van der Waals surface area contributed by atoms with E-state index < -0.39 is 0 Å². The van der Waals surface area contributed by atoms with Crippen molar-refractivity contribution in [2.45, 2.75) is 43.9 Å². The van der Waals surface area contributed by atoms with Gasteiger partial charge in [0.05, 0.1) is 6.54 Å². The van der Waals surface area contributed by atoms with Crippen LogP contribution in [0.3, 0.4) is 0 Å². The van der Waals surface area contributed by atoms with Crippen molar-refractivity contribution in [2.24, 2.45) is 0 Å². The number of carbonyl (C=O) groups excluding carboxylic acids is 1. The highest BCUT2D eigenvalue weighted by Gasteiger charge is 2.22. The van der Waals surface area contributed by atoms with E-state index in [1.54, 1.807) is 0 Å². The molecule has 3 nitrogen and oxygen atoms in total. The third-order valence-corrected chi connectivity index (χ3v) is 3.95. The lowest BCUT2D eigenvalue weighted by molar-refractivity contribution is 0.234. The fourth-order valence-electron chi connectivity index (χ4n) is 2.03. The largest absolute Gasteiger partial charge is 0.335 e. The Labute approximate surface area is 102 Å². The van der Waals surface area contributed by atoms with E-state index in [1.807, 2.05) is 11.8 Å². The maximum absolute atomic E-state index is 11.4. The molecule has 90 valence electrons. The number of hydrogen-bond donors (Lipinski definition) is 2. The molecule has 1 saturated carbocycles. The Morgan fingerprint density at radius 2 is 2.38 bits per heavy atom. The molecule has 1 aliphatic carbocycles. The third-order valence-electron chi connectivity index (χ3n) is 2.71. The fourth-order valence-corrected chi connectivity index (χ4v) is 3.20. The number of carbonyl (C=O) groups is 1. The smallest absolute Gasteiger partial charge is 0.315 e. The van der Waals surface area contributed by atoms with E-state index in [4.69, 9.17) is 6.42 Å². The van der Waals surface area contributed by atoms with Crippen molar-refractivity contribution < 1.29 is 4.79 Å². The van der Waals surface area contributed by atoms with Gasteiger partial charge in [-0.05, 0) is 25.0 Å². The van der Waals surface area contributed by atoms with Gasteiger partial charge in [0.2, 0.25) is 0 Å². The van der Waals surface area contributed by atoms with Crippen molar-refractivity contribution in [3.63, 3.8) is 0 Å². The van der Waals surface area contributed by atoms with Gasteiger partial charge in [-0.25, -0.2) is 4.79 Å².